The largest absolute Gasteiger partial charge is 0.462 e. The summed E-state index contributed by atoms with van der Waals surface area (Å²) in [5.41, 5.74) is 2.53. The molecule has 0 fully saturated rings. The number of aryl methyl sites for hydroxylation is 1. The lowest BCUT2D eigenvalue weighted by Gasteiger charge is -2.00. The van der Waals surface area contributed by atoms with E-state index < -0.39 is 5.97 Å². The predicted octanol–water partition coefficient (Wildman–Crippen LogP) is 1.81. The zero-order valence-electron chi connectivity index (χ0n) is 15.8. The summed E-state index contributed by atoms with van der Waals surface area (Å²) in [6.07, 6.45) is 1.60. The Kier molecular flexibility index (Phi) is 5.66. The van der Waals surface area contributed by atoms with Crippen LogP contribution in [0.2, 0.25) is 0 Å². The molecule has 0 radical (unpaired) electrons. The summed E-state index contributed by atoms with van der Waals surface area (Å²) in [7, 11) is 0. The van der Waals surface area contributed by atoms with E-state index in [0.29, 0.717) is 15.7 Å². The molecule has 144 valence electrons. The normalized spacial score (nSPS) is 12.7. The first-order valence-electron chi connectivity index (χ1n) is 8.85. The molecular formula is C20H20N4O3S. The van der Waals surface area contributed by atoms with Gasteiger partial charge in [0.15, 0.2) is 5.57 Å². The number of nitrogens with zero attached hydrogens (tertiary/aromatic N) is 2. The molecule has 0 saturated carbocycles. The van der Waals surface area contributed by atoms with Gasteiger partial charge in [-0.3, -0.25) is 9.36 Å². The fourth-order valence-electron chi connectivity index (χ4n) is 2.89. The van der Waals surface area contributed by atoms with E-state index in [0.717, 1.165) is 33.6 Å². The third kappa shape index (κ3) is 3.70. The van der Waals surface area contributed by atoms with Gasteiger partial charge in [-0.15, -0.1) is 11.3 Å². The van der Waals surface area contributed by atoms with Crippen molar-refractivity contribution in [2.75, 3.05) is 11.9 Å². The second-order valence-corrected chi connectivity index (χ2v) is 7.10. The number of nitriles is 1. The van der Waals surface area contributed by atoms with Crippen molar-refractivity contribution < 1.29 is 9.53 Å². The zero-order chi connectivity index (χ0) is 20.3. The first-order chi connectivity index (χ1) is 13.5. The van der Waals surface area contributed by atoms with Gasteiger partial charge in [0.1, 0.15) is 15.3 Å². The Morgan fingerprint density at radius 2 is 2.18 bits per heavy atom. The molecule has 8 heteroatoms. The number of carbonyl (C=O) groups excluding carboxylic acids is 1. The molecule has 0 spiro atoms. The number of benzene rings is 1. The summed E-state index contributed by atoms with van der Waals surface area (Å²) in [6.45, 7) is 5.95. The SMILES string of the molecule is CCOC(=O)C(C#N)=c1sc(=CNc2ccc3[nH]c(C)cc3c2)c(=O)n1CC. The van der Waals surface area contributed by atoms with Crippen molar-refractivity contribution in [3.63, 3.8) is 0 Å². The van der Waals surface area contributed by atoms with Crippen molar-refractivity contribution in [2.24, 2.45) is 0 Å². The minimum Gasteiger partial charge on any atom is -0.462 e. The first-order valence-corrected chi connectivity index (χ1v) is 9.67. The lowest BCUT2D eigenvalue weighted by atomic mass is 10.2. The maximum Gasteiger partial charge on any atom is 0.351 e. The lowest BCUT2D eigenvalue weighted by molar-refractivity contribution is -0.136. The van der Waals surface area contributed by atoms with Crippen LogP contribution in [-0.2, 0) is 16.1 Å². The minimum atomic E-state index is -0.721. The average Bonchev–Trinajstić information content (AvgIpc) is 3.19. The smallest absolute Gasteiger partial charge is 0.351 e. The topological polar surface area (TPSA) is 99.9 Å². The molecule has 1 aromatic carbocycles. The number of aromatic amines is 1. The van der Waals surface area contributed by atoms with Gasteiger partial charge in [0.25, 0.3) is 5.56 Å². The van der Waals surface area contributed by atoms with Crippen LogP contribution in [0.4, 0.5) is 5.69 Å². The Balaban J connectivity index is 2.06. The Hall–Kier alpha value is -3.31. The second-order valence-electron chi connectivity index (χ2n) is 6.07. The van der Waals surface area contributed by atoms with Crippen molar-refractivity contribution in [1.29, 1.82) is 5.26 Å². The standard InChI is InChI=1S/C20H20N4O3S/c1-4-24-18(25)17(28-19(24)15(10-21)20(26)27-5-2)11-22-14-6-7-16-13(9-14)8-12(3)23-16/h6-9,11,22-23H,4-5H2,1-3H3. The molecule has 0 amide bonds. The molecule has 2 N–H and O–H groups in total. The van der Waals surface area contributed by atoms with Crippen molar-refractivity contribution in [2.45, 2.75) is 27.3 Å². The summed E-state index contributed by atoms with van der Waals surface area (Å²) in [5, 5.41) is 13.6. The van der Waals surface area contributed by atoms with Crippen LogP contribution >= 0.6 is 11.3 Å². The molecule has 3 aromatic rings. The van der Waals surface area contributed by atoms with E-state index in [1.54, 1.807) is 20.0 Å². The van der Waals surface area contributed by atoms with E-state index in [-0.39, 0.29) is 17.7 Å². The van der Waals surface area contributed by atoms with Crippen LogP contribution < -0.4 is 20.1 Å². The third-order valence-electron chi connectivity index (χ3n) is 4.15. The number of thiazole rings is 1. The number of hydrogen-bond acceptors (Lipinski definition) is 6. The van der Waals surface area contributed by atoms with Crippen LogP contribution in [0.5, 0.6) is 0 Å². The number of carbonyl (C=O) groups is 1. The van der Waals surface area contributed by atoms with Gasteiger partial charge in [0.05, 0.1) is 6.61 Å². The van der Waals surface area contributed by atoms with E-state index in [1.165, 1.54) is 4.57 Å². The van der Waals surface area contributed by atoms with Crippen LogP contribution in [0, 0.1) is 18.3 Å². The van der Waals surface area contributed by atoms with E-state index in [1.807, 2.05) is 37.3 Å². The van der Waals surface area contributed by atoms with Crippen LogP contribution in [0.3, 0.4) is 0 Å². The maximum absolute atomic E-state index is 12.7. The van der Waals surface area contributed by atoms with Crippen LogP contribution in [-0.4, -0.2) is 22.1 Å². The molecule has 28 heavy (non-hydrogen) atoms. The van der Waals surface area contributed by atoms with Crippen molar-refractivity contribution in [3.8, 4) is 6.07 Å². The molecule has 2 aromatic heterocycles. The summed E-state index contributed by atoms with van der Waals surface area (Å²) in [4.78, 5) is 28.0. The number of aromatic nitrogens is 2. The molecular weight excluding hydrogens is 376 g/mol. The van der Waals surface area contributed by atoms with E-state index >= 15 is 0 Å². The lowest BCUT2D eigenvalue weighted by Crippen LogP contribution is -2.32. The molecule has 0 atom stereocenters. The van der Waals surface area contributed by atoms with E-state index in [2.05, 4.69) is 10.3 Å². The average molecular weight is 396 g/mol. The van der Waals surface area contributed by atoms with Gasteiger partial charge >= 0.3 is 5.97 Å². The molecule has 0 aliphatic carbocycles. The minimum absolute atomic E-state index is 0.158. The Morgan fingerprint density at radius 1 is 1.39 bits per heavy atom. The highest BCUT2D eigenvalue weighted by atomic mass is 32.1. The quantitative estimate of drug-likeness (QED) is 0.641. The van der Waals surface area contributed by atoms with Crippen molar-refractivity contribution in [3.05, 3.63) is 49.5 Å². The molecule has 0 aliphatic heterocycles. The van der Waals surface area contributed by atoms with Gasteiger partial charge in [-0.2, -0.15) is 5.26 Å². The van der Waals surface area contributed by atoms with Crippen LogP contribution in [0.1, 0.15) is 19.5 Å². The van der Waals surface area contributed by atoms with Gasteiger partial charge in [-0.05, 0) is 45.0 Å². The number of H-pyrrole nitrogens is 1. The van der Waals surface area contributed by atoms with Gasteiger partial charge < -0.3 is 15.0 Å². The molecule has 0 aliphatic rings. The van der Waals surface area contributed by atoms with Crippen molar-refractivity contribution in [1.82, 2.24) is 9.55 Å². The summed E-state index contributed by atoms with van der Waals surface area (Å²) >= 11 is 1.09. The maximum atomic E-state index is 12.7. The second kappa shape index (κ2) is 8.15. The van der Waals surface area contributed by atoms with Crippen LogP contribution in [0.15, 0.2) is 29.1 Å². The van der Waals surface area contributed by atoms with Gasteiger partial charge in [-0.25, -0.2) is 4.79 Å². The van der Waals surface area contributed by atoms with Crippen molar-refractivity contribution >= 4 is 45.7 Å². The number of ether oxygens (including phenoxy) is 1. The first kappa shape index (κ1) is 19.5. The Bertz CT molecular complexity index is 1260. The zero-order valence-corrected chi connectivity index (χ0v) is 16.6. The number of hydrogen-bond donors (Lipinski definition) is 2. The number of anilines is 1. The number of nitrogens with one attached hydrogen (secondary N) is 2. The third-order valence-corrected chi connectivity index (χ3v) is 5.28. The highest BCUT2D eigenvalue weighted by molar-refractivity contribution is 7.07. The Morgan fingerprint density at radius 3 is 2.86 bits per heavy atom. The van der Waals surface area contributed by atoms with Gasteiger partial charge in [0.2, 0.25) is 0 Å². The van der Waals surface area contributed by atoms with Gasteiger partial charge in [-0.1, -0.05) is 0 Å². The number of rotatable bonds is 5. The highest BCUT2D eigenvalue weighted by Crippen LogP contribution is 2.19. The summed E-state index contributed by atoms with van der Waals surface area (Å²) in [6, 6.07) is 9.77. The molecule has 2 heterocycles. The molecule has 0 unspecified atom stereocenters. The van der Waals surface area contributed by atoms with Crippen LogP contribution in [0.25, 0.3) is 22.7 Å². The van der Waals surface area contributed by atoms with Gasteiger partial charge in [0, 0.05) is 35.0 Å². The molecule has 0 bridgehead atoms. The molecule has 7 nitrogen and oxygen atoms in total. The fourth-order valence-corrected chi connectivity index (χ4v) is 3.97. The summed E-state index contributed by atoms with van der Waals surface area (Å²) < 4.78 is 7.05. The predicted molar refractivity (Wildman–Crippen MR) is 110 cm³/mol. The summed E-state index contributed by atoms with van der Waals surface area (Å²) in [5.74, 6) is -0.721. The monoisotopic (exact) mass is 396 g/mol. The number of fused-ring (bicyclic) bond motifs is 1. The Labute approximate surface area is 165 Å². The van der Waals surface area contributed by atoms with E-state index in [4.69, 9.17) is 4.74 Å². The molecule has 0 saturated heterocycles. The molecule has 3 rings (SSSR count). The fraction of sp³-hybridized carbons (Fsp3) is 0.250. The van der Waals surface area contributed by atoms with E-state index in [9.17, 15) is 14.9 Å². The number of esters is 1. The highest BCUT2D eigenvalue weighted by Gasteiger charge is 2.16.